The summed E-state index contributed by atoms with van der Waals surface area (Å²) in [6.45, 7) is 0.765. The van der Waals surface area contributed by atoms with Crippen molar-refractivity contribution >= 4 is 11.8 Å². The second kappa shape index (κ2) is 4.91. The minimum absolute atomic E-state index is 0.765. The van der Waals surface area contributed by atoms with Gasteiger partial charge in [0.05, 0.1) is 18.1 Å². The number of benzene rings is 1. The molecule has 1 aromatic heterocycles. The van der Waals surface area contributed by atoms with Gasteiger partial charge in [-0.1, -0.05) is 12.1 Å². The Balaban J connectivity index is 2.11. The lowest BCUT2D eigenvalue weighted by atomic mass is 10.1. The highest BCUT2D eigenvalue weighted by Crippen LogP contribution is 2.07. The summed E-state index contributed by atoms with van der Waals surface area (Å²) in [6.07, 6.45) is 4.23. The molecule has 2 aromatic rings. The first kappa shape index (κ1) is 10.1. The standard InChI is InChI=1S/C10H11ClN4/c11-12-6-5-9-1-3-10(4-2-9)15-13-7-8-14-15/h1-4,7-8,12H,5-6H2. The van der Waals surface area contributed by atoms with Gasteiger partial charge >= 0.3 is 0 Å². The maximum Gasteiger partial charge on any atom is 0.0856 e. The molecule has 0 aliphatic rings. The van der Waals surface area contributed by atoms with Crippen molar-refractivity contribution in [2.24, 2.45) is 0 Å². The fourth-order valence-corrected chi connectivity index (χ4v) is 1.43. The summed E-state index contributed by atoms with van der Waals surface area (Å²) in [4.78, 5) is 4.19. The average molecular weight is 223 g/mol. The van der Waals surface area contributed by atoms with Crippen LogP contribution in [0.2, 0.25) is 0 Å². The molecular weight excluding hydrogens is 212 g/mol. The number of rotatable bonds is 4. The maximum atomic E-state index is 5.39. The van der Waals surface area contributed by atoms with Crippen LogP contribution in [0.1, 0.15) is 5.56 Å². The molecule has 0 radical (unpaired) electrons. The van der Waals surface area contributed by atoms with Crippen LogP contribution < -0.4 is 4.84 Å². The molecule has 0 amide bonds. The maximum absolute atomic E-state index is 5.39. The Morgan fingerprint density at radius 1 is 1.13 bits per heavy atom. The molecule has 4 nitrogen and oxygen atoms in total. The van der Waals surface area contributed by atoms with Crippen LogP contribution in [0.25, 0.3) is 5.69 Å². The van der Waals surface area contributed by atoms with E-state index in [0.29, 0.717) is 0 Å². The lowest BCUT2D eigenvalue weighted by Crippen LogP contribution is -2.04. The zero-order chi connectivity index (χ0) is 10.5. The van der Waals surface area contributed by atoms with Crippen molar-refractivity contribution in [3.8, 4) is 5.69 Å². The molecule has 1 heterocycles. The molecule has 15 heavy (non-hydrogen) atoms. The molecule has 78 valence electrons. The topological polar surface area (TPSA) is 42.7 Å². The quantitative estimate of drug-likeness (QED) is 0.799. The molecule has 0 spiro atoms. The SMILES string of the molecule is ClNCCc1ccc(-n2nccn2)cc1. The summed E-state index contributed by atoms with van der Waals surface area (Å²) in [5.74, 6) is 0. The van der Waals surface area contributed by atoms with Crippen molar-refractivity contribution in [2.75, 3.05) is 6.54 Å². The van der Waals surface area contributed by atoms with Gasteiger partial charge in [0.2, 0.25) is 0 Å². The van der Waals surface area contributed by atoms with Crippen molar-refractivity contribution in [1.82, 2.24) is 19.8 Å². The van der Waals surface area contributed by atoms with Gasteiger partial charge in [0.25, 0.3) is 0 Å². The number of nitrogens with one attached hydrogen (secondary N) is 1. The van der Waals surface area contributed by atoms with Gasteiger partial charge in [0.15, 0.2) is 0 Å². The fourth-order valence-electron chi connectivity index (χ4n) is 1.34. The van der Waals surface area contributed by atoms with Crippen LogP contribution in [0.4, 0.5) is 0 Å². The van der Waals surface area contributed by atoms with Gasteiger partial charge in [-0.25, -0.2) is 4.84 Å². The van der Waals surface area contributed by atoms with Crippen molar-refractivity contribution in [3.63, 3.8) is 0 Å². The van der Waals surface area contributed by atoms with Crippen molar-refractivity contribution < 1.29 is 0 Å². The lowest BCUT2D eigenvalue weighted by Gasteiger charge is -2.02. The molecule has 2 rings (SSSR count). The van der Waals surface area contributed by atoms with Gasteiger partial charge in [0, 0.05) is 6.54 Å². The fraction of sp³-hybridized carbons (Fsp3) is 0.200. The van der Waals surface area contributed by atoms with E-state index < -0.39 is 0 Å². The van der Waals surface area contributed by atoms with Crippen molar-refractivity contribution in [2.45, 2.75) is 6.42 Å². The first-order valence-electron chi connectivity index (χ1n) is 4.69. The Labute approximate surface area is 93.0 Å². The Morgan fingerprint density at radius 2 is 1.80 bits per heavy atom. The molecule has 0 saturated heterocycles. The van der Waals surface area contributed by atoms with E-state index in [1.807, 2.05) is 24.3 Å². The molecule has 0 bridgehead atoms. The summed E-state index contributed by atoms with van der Waals surface area (Å²) in [5, 5.41) is 8.10. The van der Waals surface area contributed by atoms with E-state index in [1.54, 1.807) is 17.2 Å². The smallest absolute Gasteiger partial charge is 0.0856 e. The Morgan fingerprint density at radius 3 is 2.40 bits per heavy atom. The molecule has 1 N–H and O–H groups in total. The molecule has 5 heteroatoms. The third-order valence-electron chi connectivity index (χ3n) is 2.09. The normalized spacial score (nSPS) is 10.5. The largest absolute Gasteiger partial charge is 0.233 e. The third kappa shape index (κ3) is 2.55. The molecule has 0 unspecified atom stereocenters. The predicted octanol–water partition coefficient (Wildman–Crippen LogP) is 1.55. The summed E-state index contributed by atoms with van der Waals surface area (Å²) in [6, 6.07) is 8.08. The van der Waals surface area contributed by atoms with Crippen LogP contribution in [0.3, 0.4) is 0 Å². The Kier molecular flexibility index (Phi) is 3.32. The number of nitrogens with zero attached hydrogens (tertiary/aromatic N) is 3. The van der Waals surface area contributed by atoms with Crippen LogP contribution in [-0.4, -0.2) is 21.5 Å². The van der Waals surface area contributed by atoms with E-state index in [-0.39, 0.29) is 0 Å². The zero-order valence-corrected chi connectivity index (χ0v) is 8.85. The number of hydrogen-bond acceptors (Lipinski definition) is 3. The minimum atomic E-state index is 0.765. The van der Waals surface area contributed by atoms with Gasteiger partial charge in [-0.15, -0.1) is 0 Å². The number of halogens is 1. The van der Waals surface area contributed by atoms with E-state index in [0.717, 1.165) is 18.7 Å². The van der Waals surface area contributed by atoms with E-state index in [9.17, 15) is 0 Å². The van der Waals surface area contributed by atoms with Gasteiger partial charge in [-0.2, -0.15) is 15.0 Å². The summed E-state index contributed by atoms with van der Waals surface area (Å²) < 4.78 is 0. The average Bonchev–Trinajstić information content (AvgIpc) is 2.80. The van der Waals surface area contributed by atoms with Crippen LogP contribution in [0.15, 0.2) is 36.7 Å². The molecule has 0 saturated carbocycles. The molecular formula is C10H11ClN4. The van der Waals surface area contributed by atoms with Gasteiger partial charge in [-0.3, -0.25) is 0 Å². The first-order chi connectivity index (χ1) is 7.40. The van der Waals surface area contributed by atoms with E-state index in [2.05, 4.69) is 15.0 Å². The summed E-state index contributed by atoms with van der Waals surface area (Å²) in [7, 11) is 0. The molecule has 0 aliphatic heterocycles. The van der Waals surface area contributed by atoms with Crippen LogP contribution in [-0.2, 0) is 6.42 Å². The van der Waals surface area contributed by atoms with Crippen LogP contribution >= 0.6 is 11.8 Å². The van der Waals surface area contributed by atoms with Gasteiger partial charge in [-0.05, 0) is 35.9 Å². The molecule has 0 atom stereocenters. The van der Waals surface area contributed by atoms with Gasteiger partial charge < -0.3 is 0 Å². The van der Waals surface area contributed by atoms with Crippen molar-refractivity contribution in [1.29, 1.82) is 0 Å². The van der Waals surface area contributed by atoms with E-state index >= 15 is 0 Å². The molecule has 0 aliphatic carbocycles. The highest BCUT2D eigenvalue weighted by molar-refractivity contribution is 6.13. The molecule has 0 fully saturated rings. The highest BCUT2D eigenvalue weighted by atomic mass is 35.5. The summed E-state index contributed by atoms with van der Waals surface area (Å²) >= 11 is 5.39. The third-order valence-corrected chi connectivity index (χ3v) is 2.28. The second-order valence-electron chi connectivity index (χ2n) is 3.12. The second-order valence-corrected chi connectivity index (χ2v) is 3.39. The lowest BCUT2D eigenvalue weighted by molar-refractivity contribution is 0.751. The highest BCUT2D eigenvalue weighted by Gasteiger charge is 1.97. The minimum Gasteiger partial charge on any atom is -0.233 e. The number of hydrogen-bond donors (Lipinski definition) is 1. The zero-order valence-electron chi connectivity index (χ0n) is 8.10. The Bertz CT molecular complexity index is 396. The predicted molar refractivity (Wildman–Crippen MR) is 58.9 cm³/mol. The summed E-state index contributed by atoms with van der Waals surface area (Å²) in [5.41, 5.74) is 2.20. The van der Waals surface area contributed by atoms with E-state index in [4.69, 9.17) is 11.8 Å². The van der Waals surface area contributed by atoms with Crippen LogP contribution in [0.5, 0.6) is 0 Å². The van der Waals surface area contributed by atoms with Gasteiger partial charge in [0.1, 0.15) is 0 Å². The van der Waals surface area contributed by atoms with E-state index in [1.165, 1.54) is 5.56 Å². The van der Waals surface area contributed by atoms with Crippen molar-refractivity contribution in [3.05, 3.63) is 42.2 Å². The Hall–Kier alpha value is -1.39. The first-order valence-corrected chi connectivity index (χ1v) is 5.07. The van der Waals surface area contributed by atoms with Crippen LogP contribution in [0, 0.1) is 0 Å². The molecule has 1 aromatic carbocycles. The monoisotopic (exact) mass is 222 g/mol. The number of aromatic nitrogens is 3.